The fourth-order valence-electron chi connectivity index (χ4n) is 4.07. The quantitative estimate of drug-likeness (QED) is 0.330. The van der Waals surface area contributed by atoms with Gasteiger partial charge in [-0.1, -0.05) is 72.1 Å². The predicted octanol–water partition coefficient (Wildman–Crippen LogP) is 6.37. The molecule has 0 radical (unpaired) electrons. The second kappa shape index (κ2) is 11.5. The highest BCUT2D eigenvalue weighted by molar-refractivity contribution is 7.98. The third-order valence-electron chi connectivity index (χ3n) is 5.35. The Balaban J connectivity index is 1.94. The van der Waals surface area contributed by atoms with Crippen molar-refractivity contribution in [3.63, 3.8) is 0 Å². The molecule has 1 heterocycles. The van der Waals surface area contributed by atoms with Gasteiger partial charge in [0.05, 0.1) is 5.69 Å². The first-order chi connectivity index (χ1) is 15.4. The van der Waals surface area contributed by atoms with Crippen molar-refractivity contribution in [3.8, 4) is 5.69 Å². The Hall–Kier alpha value is -2.31. The van der Waals surface area contributed by atoms with E-state index in [1.54, 1.807) is 11.8 Å². The Morgan fingerprint density at radius 3 is 2.53 bits per heavy atom. The number of carbonyl (C=O) groups is 1. The molecule has 170 valence electrons. The van der Waals surface area contributed by atoms with E-state index in [0.717, 1.165) is 48.1 Å². The zero-order valence-electron chi connectivity index (χ0n) is 19.0. The maximum atomic E-state index is 11.2. The van der Waals surface area contributed by atoms with Crippen molar-refractivity contribution in [1.29, 1.82) is 0 Å². The lowest BCUT2D eigenvalue weighted by Crippen LogP contribution is -2.12. The molecule has 1 atom stereocenters. The molecular weight excluding hydrogens is 440 g/mol. The summed E-state index contributed by atoms with van der Waals surface area (Å²) in [6, 6.07) is 14.4. The van der Waals surface area contributed by atoms with Crippen LogP contribution in [0.4, 0.5) is 0 Å². The molecule has 0 aliphatic carbocycles. The van der Waals surface area contributed by atoms with Crippen LogP contribution in [0.15, 0.2) is 47.6 Å². The van der Waals surface area contributed by atoms with E-state index in [1.807, 2.05) is 24.3 Å². The van der Waals surface area contributed by atoms with Crippen LogP contribution >= 0.6 is 23.4 Å². The van der Waals surface area contributed by atoms with E-state index in [9.17, 15) is 4.79 Å². The highest BCUT2D eigenvalue weighted by Gasteiger charge is 2.22. The van der Waals surface area contributed by atoms with Gasteiger partial charge in [0.1, 0.15) is 5.82 Å². The van der Waals surface area contributed by atoms with Crippen LogP contribution in [-0.2, 0) is 10.5 Å². The normalized spacial score (nSPS) is 12.1. The maximum Gasteiger partial charge on any atom is 0.217 e. The third kappa shape index (κ3) is 6.59. The Morgan fingerprint density at radius 2 is 1.88 bits per heavy atom. The van der Waals surface area contributed by atoms with Crippen molar-refractivity contribution in [2.24, 2.45) is 5.73 Å². The van der Waals surface area contributed by atoms with Gasteiger partial charge in [-0.2, -0.15) is 0 Å². The van der Waals surface area contributed by atoms with E-state index in [1.165, 1.54) is 16.7 Å². The highest BCUT2D eigenvalue weighted by Crippen LogP contribution is 2.33. The largest absolute Gasteiger partial charge is 0.370 e. The summed E-state index contributed by atoms with van der Waals surface area (Å²) in [5.74, 6) is 1.66. The van der Waals surface area contributed by atoms with Crippen molar-refractivity contribution < 1.29 is 4.79 Å². The molecule has 1 unspecified atom stereocenters. The molecule has 1 aromatic heterocycles. The number of aromatic nitrogens is 3. The van der Waals surface area contributed by atoms with E-state index in [-0.39, 0.29) is 11.8 Å². The minimum atomic E-state index is -0.263. The minimum Gasteiger partial charge on any atom is -0.370 e. The lowest BCUT2D eigenvalue weighted by molar-refractivity contribution is -0.118. The highest BCUT2D eigenvalue weighted by atomic mass is 35.5. The number of rotatable bonds is 11. The van der Waals surface area contributed by atoms with E-state index >= 15 is 0 Å². The van der Waals surface area contributed by atoms with Crippen LogP contribution in [0.5, 0.6) is 0 Å². The van der Waals surface area contributed by atoms with Gasteiger partial charge in [-0.05, 0) is 56.9 Å². The number of nitrogens with two attached hydrogens (primary N) is 1. The van der Waals surface area contributed by atoms with Crippen molar-refractivity contribution in [2.75, 3.05) is 0 Å². The standard InChI is InChI=1S/C25H31ClN4OS/c1-4-7-20(8-5-11-23(27)31)24-28-29-25(30(24)22-10-6-9-21(26)15-22)32-16-19-13-17(2)12-18(3)14-19/h6,9-10,12-15,20H,4-5,7-8,11,16H2,1-3H3,(H2,27,31). The first-order valence-corrected chi connectivity index (χ1v) is 12.4. The van der Waals surface area contributed by atoms with Gasteiger partial charge in [-0.25, -0.2) is 0 Å². The Labute approximate surface area is 199 Å². The van der Waals surface area contributed by atoms with Crippen LogP contribution < -0.4 is 5.73 Å². The SMILES string of the molecule is CCCC(CCCC(N)=O)c1nnc(SCc2cc(C)cc(C)c2)n1-c1cccc(Cl)c1. The molecule has 3 aromatic rings. The molecule has 5 nitrogen and oxygen atoms in total. The summed E-state index contributed by atoms with van der Waals surface area (Å²) in [4.78, 5) is 11.2. The number of amides is 1. The molecule has 1 amide bonds. The van der Waals surface area contributed by atoms with Crippen molar-refractivity contribution in [3.05, 3.63) is 70.0 Å². The molecule has 7 heteroatoms. The molecule has 0 saturated heterocycles. The Morgan fingerprint density at radius 1 is 1.12 bits per heavy atom. The predicted molar refractivity (Wildman–Crippen MR) is 133 cm³/mol. The third-order valence-corrected chi connectivity index (χ3v) is 6.59. The average Bonchev–Trinajstić information content (AvgIpc) is 3.14. The van der Waals surface area contributed by atoms with Crippen molar-refractivity contribution in [2.45, 2.75) is 69.7 Å². The first-order valence-electron chi connectivity index (χ1n) is 11.1. The number of nitrogens with zero attached hydrogens (tertiary/aromatic N) is 3. The van der Waals surface area contributed by atoms with Gasteiger partial charge in [0.15, 0.2) is 5.16 Å². The summed E-state index contributed by atoms with van der Waals surface area (Å²) in [6.07, 6.45) is 3.97. The lowest BCUT2D eigenvalue weighted by Gasteiger charge is -2.18. The number of hydrogen-bond acceptors (Lipinski definition) is 4. The van der Waals surface area contributed by atoms with Gasteiger partial charge < -0.3 is 5.73 Å². The van der Waals surface area contributed by atoms with E-state index in [0.29, 0.717) is 11.4 Å². The molecule has 2 N–H and O–H groups in total. The summed E-state index contributed by atoms with van der Waals surface area (Å²) in [7, 11) is 0. The van der Waals surface area contributed by atoms with Gasteiger partial charge in [-0.3, -0.25) is 9.36 Å². The zero-order chi connectivity index (χ0) is 23.1. The van der Waals surface area contributed by atoms with Gasteiger partial charge in [-0.15, -0.1) is 10.2 Å². The fourth-order valence-corrected chi connectivity index (χ4v) is 5.14. The van der Waals surface area contributed by atoms with Crippen LogP contribution in [0.3, 0.4) is 0 Å². The van der Waals surface area contributed by atoms with E-state index in [2.05, 4.69) is 53.7 Å². The number of benzene rings is 2. The van der Waals surface area contributed by atoms with E-state index in [4.69, 9.17) is 17.3 Å². The number of thioether (sulfide) groups is 1. The smallest absolute Gasteiger partial charge is 0.217 e. The molecule has 2 aromatic carbocycles. The molecule has 3 rings (SSSR count). The molecule has 0 fully saturated rings. The second-order valence-corrected chi connectivity index (χ2v) is 9.66. The Kier molecular flexibility index (Phi) is 8.76. The molecular formula is C25H31ClN4OS. The number of halogens is 1. The van der Waals surface area contributed by atoms with E-state index < -0.39 is 0 Å². The molecule has 0 saturated carbocycles. The van der Waals surface area contributed by atoms with Gasteiger partial charge in [0.25, 0.3) is 0 Å². The van der Waals surface area contributed by atoms with Gasteiger partial charge >= 0.3 is 0 Å². The summed E-state index contributed by atoms with van der Waals surface area (Å²) in [5, 5.41) is 10.7. The van der Waals surface area contributed by atoms with Crippen molar-refractivity contribution >= 4 is 29.3 Å². The first kappa shape index (κ1) is 24.3. The molecule has 32 heavy (non-hydrogen) atoms. The molecule has 0 bridgehead atoms. The summed E-state index contributed by atoms with van der Waals surface area (Å²) >= 11 is 8.00. The van der Waals surface area contributed by atoms with Gasteiger partial charge in [0, 0.05) is 23.1 Å². The number of primary amides is 1. The summed E-state index contributed by atoms with van der Waals surface area (Å²) < 4.78 is 2.13. The number of aryl methyl sites for hydroxylation is 2. The second-order valence-electron chi connectivity index (χ2n) is 8.28. The van der Waals surface area contributed by atoms with Crippen molar-refractivity contribution in [1.82, 2.24) is 14.8 Å². The van der Waals surface area contributed by atoms with Crippen LogP contribution in [0.1, 0.15) is 67.5 Å². The summed E-state index contributed by atoms with van der Waals surface area (Å²) in [6.45, 7) is 6.40. The Bertz CT molecular complexity index is 1050. The fraction of sp³-hybridized carbons (Fsp3) is 0.400. The summed E-state index contributed by atoms with van der Waals surface area (Å²) in [5.41, 5.74) is 10.1. The zero-order valence-corrected chi connectivity index (χ0v) is 20.5. The minimum absolute atomic E-state index is 0.196. The monoisotopic (exact) mass is 470 g/mol. The topological polar surface area (TPSA) is 73.8 Å². The number of hydrogen-bond donors (Lipinski definition) is 1. The van der Waals surface area contributed by atoms with Gasteiger partial charge in [0.2, 0.25) is 5.91 Å². The molecule has 0 aliphatic heterocycles. The molecule has 0 spiro atoms. The molecule has 0 aliphatic rings. The van der Waals surface area contributed by atoms with Crippen LogP contribution in [0.25, 0.3) is 5.69 Å². The average molecular weight is 471 g/mol. The van der Waals surface area contributed by atoms with Crippen LogP contribution in [-0.4, -0.2) is 20.7 Å². The number of carbonyl (C=O) groups excluding carboxylic acids is 1. The maximum absolute atomic E-state index is 11.2. The van der Waals surface area contributed by atoms with Crippen LogP contribution in [0, 0.1) is 13.8 Å². The lowest BCUT2D eigenvalue weighted by atomic mass is 9.96. The van der Waals surface area contributed by atoms with Crippen LogP contribution in [0.2, 0.25) is 5.02 Å².